The smallest absolute Gasteiger partial charge is 0.416 e. The lowest BCUT2D eigenvalue weighted by molar-refractivity contribution is -0.137. The van der Waals surface area contributed by atoms with Gasteiger partial charge >= 0.3 is 12.2 Å². The predicted octanol–water partition coefficient (Wildman–Crippen LogP) is 3.55. The number of hydrogen-bond acceptors (Lipinski definition) is 8. The highest BCUT2D eigenvalue weighted by atomic mass is 19.4. The SMILES string of the molecule is COc1nc(Nc2cccc(C(F)(F)F)c2)c(C)c(C(=O)N2CCC(N[C@H]3CCOC[C@H]3OC)CC2)n1. The summed E-state index contributed by atoms with van der Waals surface area (Å²) in [4.78, 5) is 23.7. The summed E-state index contributed by atoms with van der Waals surface area (Å²) in [6, 6.07) is 5.19. The maximum absolute atomic E-state index is 13.4. The molecule has 1 aromatic heterocycles. The van der Waals surface area contributed by atoms with Crippen LogP contribution in [-0.4, -0.2) is 79.5 Å². The molecule has 2 aromatic rings. The van der Waals surface area contributed by atoms with E-state index >= 15 is 0 Å². The van der Waals surface area contributed by atoms with Crippen molar-refractivity contribution < 1.29 is 32.2 Å². The highest BCUT2D eigenvalue weighted by Crippen LogP contribution is 2.32. The van der Waals surface area contributed by atoms with Crippen LogP contribution in [0.15, 0.2) is 24.3 Å². The van der Waals surface area contributed by atoms with Gasteiger partial charge < -0.3 is 29.7 Å². The first kappa shape index (κ1) is 27.1. The second kappa shape index (κ2) is 11.6. The van der Waals surface area contributed by atoms with Gasteiger partial charge in [0.05, 0.1) is 25.4 Å². The van der Waals surface area contributed by atoms with Crippen molar-refractivity contribution in [2.24, 2.45) is 0 Å². The van der Waals surface area contributed by atoms with E-state index in [9.17, 15) is 18.0 Å². The molecule has 0 radical (unpaired) electrons. The molecule has 1 amide bonds. The van der Waals surface area contributed by atoms with Crippen LogP contribution in [0.2, 0.25) is 0 Å². The Morgan fingerprint density at radius 2 is 1.92 bits per heavy atom. The molecule has 2 atom stereocenters. The van der Waals surface area contributed by atoms with Crippen LogP contribution in [0.1, 0.15) is 40.9 Å². The standard InChI is InChI=1S/C25H32F3N5O4/c1-15-21(23(34)33-10-7-17(8-11-33)29-19-9-12-37-14-20(19)35-2)31-24(36-3)32-22(15)30-18-6-4-5-16(13-18)25(26,27)28/h4-6,13,17,19-20,29H,7-12,14H2,1-3H3,(H,30,31,32)/t19-,20+/m0/s1. The molecule has 1 aromatic carbocycles. The topological polar surface area (TPSA) is 97.8 Å². The summed E-state index contributed by atoms with van der Waals surface area (Å²) in [5, 5.41) is 6.55. The molecule has 202 valence electrons. The molecule has 2 fully saturated rings. The fourth-order valence-corrected chi connectivity index (χ4v) is 4.66. The number of carbonyl (C=O) groups excluding carboxylic acids is 1. The van der Waals surface area contributed by atoms with Crippen molar-refractivity contribution in [3.05, 3.63) is 41.1 Å². The zero-order valence-electron chi connectivity index (χ0n) is 21.1. The van der Waals surface area contributed by atoms with Crippen LogP contribution in [0.4, 0.5) is 24.7 Å². The van der Waals surface area contributed by atoms with Crippen LogP contribution in [0.25, 0.3) is 0 Å². The zero-order valence-corrected chi connectivity index (χ0v) is 21.1. The number of likely N-dealkylation sites (tertiary alicyclic amines) is 1. The van der Waals surface area contributed by atoms with Gasteiger partial charge in [-0.05, 0) is 44.4 Å². The fourth-order valence-electron chi connectivity index (χ4n) is 4.66. The van der Waals surface area contributed by atoms with Gasteiger partial charge in [0, 0.05) is 50.1 Å². The molecule has 0 aliphatic carbocycles. The monoisotopic (exact) mass is 523 g/mol. The first-order valence-corrected chi connectivity index (χ1v) is 12.2. The Balaban J connectivity index is 1.45. The van der Waals surface area contributed by atoms with Gasteiger partial charge in [0.2, 0.25) is 0 Å². The van der Waals surface area contributed by atoms with E-state index in [1.165, 1.54) is 19.2 Å². The number of anilines is 2. The number of methoxy groups -OCH3 is 2. The number of alkyl halides is 3. The maximum atomic E-state index is 13.4. The molecule has 2 N–H and O–H groups in total. The van der Waals surface area contributed by atoms with Gasteiger partial charge in [-0.2, -0.15) is 23.1 Å². The lowest BCUT2D eigenvalue weighted by atomic mass is 9.99. The number of ether oxygens (including phenoxy) is 3. The number of nitrogens with one attached hydrogen (secondary N) is 2. The van der Waals surface area contributed by atoms with Crippen LogP contribution in [0.3, 0.4) is 0 Å². The van der Waals surface area contributed by atoms with E-state index in [0.717, 1.165) is 31.4 Å². The van der Waals surface area contributed by atoms with E-state index in [2.05, 4.69) is 20.6 Å². The summed E-state index contributed by atoms with van der Waals surface area (Å²) in [6.07, 6.45) is -2.05. The summed E-state index contributed by atoms with van der Waals surface area (Å²) in [5.41, 5.74) is -0.0295. The van der Waals surface area contributed by atoms with Crippen LogP contribution < -0.4 is 15.4 Å². The number of rotatable bonds is 7. The van der Waals surface area contributed by atoms with Gasteiger partial charge in [0.15, 0.2) is 0 Å². The summed E-state index contributed by atoms with van der Waals surface area (Å²) in [5.74, 6) is -0.0687. The van der Waals surface area contributed by atoms with Crippen molar-refractivity contribution >= 4 is 17.4 Å². The summed E-state index contributed by atoms with van der Waals surface area (Å²) >= 11 is 0. The van der Waals surface area contributed by atoms with Gasteiger partial charge in [-0.1, -0.05) is 6.07 Å². The summed E-state index contributed by atoms with van der Waals surface area (Å²) in [6.45, 7) is 4.00. The van der Waals surface area contributed by atoms with E-state index < -0.39 is 11.7 Å². The van der Waals surface area contributed by atoms with Crippen molar-refractivity contribution in [3.63, 3.8) is 0 Å². The van der Waals surface area contributed by atoms with Gasteiger partial charge in [0.1, 0.15) is 11.5 Å². The normalized spacial score (nSPS) is 21.1. The molecule has 0 spiro atoms. The quantitative estimate of drug-likeness (QED) is 0.569. The van der Waals surface area contributed by atoms with Crippen molar-refractivity contribution in [1.29, 1.82) is 0 Å². The van der Waals surface area contributed by atoms with Gasteiger partial charge in [-0.25, -0.2) is 0 Å². The summed E-state index contributed by atoms with van der Waals surface area (Å²) in [7, 11) is 3.05. The molecule has 2 aliphatic rings. The number of carbonyl (C=O) groups is 1. The number of hydrogen-bond donors (Lipinski definition) is 2. The molecular weight excluding hydrogens is 491 g/mol. The first-order chi connectivity index (χ1) is 17.7. The first-order valence-electron chi connectivity index (χ1n) is 12.2. The third-order valence-electron chi connectivity index (χ3n) is 6.80. The third-order valence-corrected chi connectivity index (χ3v) is 6.80. The van der Waals surface area contributed by atoms with Crippen molar-refractivity contribution in [3.8, 4) is 6.01 Å². The average Bonchev–Trinajstić information content (AvgIpc) is 2.90. The molecule has 37 heavy (non-hydrogen) atoms. The molecule has 9 nitrogen and oxygen atoms in total. The highest BCUT2D eigenvalue weighted by molar-refractivity contribution is 5.95. The number of aromatic nitrogens is 2. The molecule has 12 heteroatoms. The van der Waals surface area contributed by atoms with E-state index in [1.807, 2.05) is 0 Å². The minimum atomic E-state index is -4.48. The molecule has 0 saturated carbocycles. The number of amides is 1. The molecule has 0 unspecified atom stereocenters. The Morgan fingerprint density at radius 1 is 1.16 bits per heavy atom. The Morgan fingerprint density at radius 3 is 2.59 bits per heavy atom. The lowest BCUT2D eigenvalue weighted by Gasteiger charge is -2.38. The lowest BCUT2D eigenvalue weighted by Crippen LogP contribution is -2.54. The van der Waals surface area contributed by atoms with Crippen molar-refractivity contribution in [2.45, 2.75) is 50.6 Å². The molecule has 3 heterocycles. The van der Waals surface area contributed by atoms with Gasteiger partial charge in [-0.3, -0.25) is 4.79 Å². The second-order valence-corrected chi connectivity index (χ2v) is 9.21. The minimum Gasteiger partial charge on any atom is -0.467 e. The van der Waals surface area contributed by atoms with E-state index in [-0.39, 0.29) is 47.3 Å². The van der Waals surface area contributed by atoms with Crippen molar-refractivity contribution in [2.75, 3.05) is 45.8 Å². The largest absolute Gasteiger partial charge is 0.467 e. The Kier molecular flexibility index (Phi) is 8.50. The van der Waals surface area contributed by atoms with E-state index in [4.69, 9.17) is 14.2 Å². The van der Waals surface area contributed by atoms with Crippen LogP contribution in [0.5, 0.6) is 6.01 Å². The predicted molar refractivity (Wildman–Crippen MR) is 130 cm³/mol. The molecule has 2 aliphatic heterocycles. The molecular formula is C25H32F3N5O4. The Hall–Kier alpha value is -2.96. The third kappa shape index (κ3) is 6.49. The van der Waals surface area contributed by atoms with Crippen LogP contribution >= 0.6 is 0 Å². The van der Waals surface area contributed by atoms with E-state index in [0.29, 0.717) is 31.9 Å². The zero-order chi connectivity index (χ0) is 26.6. The highest BCUT2D eigenvalue weighted by Gasteiger charge is 2.32. The molecule has 0 bridgehead atoms. The van der Waals surface area contributed by atoms with Gasteiger partial charge in [0.25, 0.3) is 5.91 Å². The van der Waals surface area contributed by atoms with E-state index in [1.54, 1.807) is 18.9 Å². The number of halogens is 3. The number of piperidine rings is 1. The van der Waals surface area contributed by atoms with Crippen LogP contribution in [0, 0.1) is 6.92 Å². The molecule has 4 rings (SSSR count). The summed E-state index contributed by atoms with van der Waals surface area (Å²) < 4.78 is 55.6. The fraction of sp³-hybridized carbons (Fsp3) is 0.560. The van der Waals surface area contributed by atoms with Crippen LogP contribution in [-0.2, 0) is 15.7 Å². The Labute approximate surface area is 213 Å². The van der Waals surface area contributed by atoms with Gasteiger partial charge in [-0.15, -0.1) is 0 Å². The number of benzene rings is 1. The average molecular weight is 524 g/mol. The minimum absolute atomic E-state index is 0.00675. The van der Waals surface area contributed by atoms with Crippen molar-refractivity contribution in [1.82, 2.24) is 20.2 Å². The maximum Gasteiger partial charge on any atom is 0.416 e. The Bertz CT molecular complexity index is 1090. The molecule has 2 saturated heterocycles. The second-order valence-electron chi connectivity index (χ2n) is 9.21. The number of nitrogens with zero attached hydrogens (tertiary/aromatic N) is 3.